The van der Waals surface area contributed by atoms with E-state index in [-0.39, 0.29) is 36.1 Å². The predicted octanol–water partition coefficient (Wildman–Crippen LogP) is -6.97. The molecule has 15 heavy (non-hydrogen) atoms. The van der Waals surface area contributed by atoms with Crippen molar-refractivity contribution >= 4 is 15.2 Å². The normalized spacial score (nSPS) is 12.7. The second-order valence-corrected chi connectivity index (χ2v) is 5.63. The van der Waals surface area contributed by atoms with Gasteiger partial charge in [0.15, 0.2) is 0 Å². The Labute approximate surface area is 109 Å². The number of nitrogens with zero attached hydrogens (tertiary/aromatic N) is 1. The fourth-order valence-corrected chi connectivity index (χ4v) is 2.44. The van der Waals surface area contributed by atoms with Gasteiger partial charge in [-0.05, 0) is 0 Å². The molecule has 0 saturated heterocycles. The Morgan fingerprint density at radius 2 is 1.33 bits per heavy atom. The fourth-order valence-electron chi connectivity index (χ4n) is 0.817. The molecule has 0 spiro atoms. The van der Waals surface area contributed by atoms with E-state index < -0.39 is 34.4 Å². The van der Waals surface area contributed by atoms with Crippen LogP contribution in [0, 0.1) is 0 Å². The second-order valence-electron chi connectivity index (χ2n) is 2.62. The molecule has 0 aliphatic heterocycles. The van der Waals surface area contributed by atoms with Gasteiger partial charge in [-0.2, -0.15) is 0 Å². The maximum atomic E-state index is 10.3. The standard InChI is InChI=1S/C4H13NO7P2.Na/c6-2-1-5(3-13(7,8)9)4-14(10,11)12;/h6H,1-4H2,(H2,7,8,9)(H2,10,11,12);/q;+1/p-4. The van der Waals surface area contributed by atoms with Gasteiger partial charge in [-0.15, -0.1) is 0 Å². The molecule has 0 aliphatic carbocycles. The van der Waals surface area contributed by atoms with Crippen LogP contribution in [0.25, 0.3) is 0 Å². The smallest absolute Gasteiger partial charge is 0.810 e. The van der Waals surface area contributed by atoms with Gasteiger partial charge in [-0.1, -0.05) is 15.2 Å². The monoisotopic (exact) mass is 268 g/mol. The number of aliphatic hydroxyl groups excluding tert-OH is 1. The zero-order valence-electron chi connectivity index (χ0n) is 8.07. The van der Waals surface area contributed by atoms with Crippen LogP contribution in [-0.2, 0) is 9.13 Å². The van der Waals surface area contributed by atoms with Crippen LogP contribution in [0.3, 0.4) is 0 Å². The third-order valence-corrected chi connectivity index (χ3v) is 2.66. The molecular weight excluding hydrogens is 259 g/mol. The van der Waals surface area contributed by atoms with Crippen LogP contribution in [0.1, 0.15) is 0 Å². The molecule has 86 valence electrons. The van der Waals surface area contributed by atoms with E-state index in [1.165, 1.54) is 0 Å². The average Bonchev–Trinajstić information content (AvgIpc) is 1.78. The summed E-state index contributed by atoms with van der Waals surface area (Å²) < 4.78 is 20.5. The number of aliphatic hydroxyl groups is 1. The van der Waals surface area contributed by atoms with Crippen molar-refractivity contribution in [1.82, 2.24) is 4.90 Å². The van der Waals surface area contributed by atoms with Gasteiger partial charge in [0.2, 0.25) is 0 Å². The van der Waals surface area contributed by atoms with E-state index in [1.807, 2.05) is 0 Å². The summed E-state index contributed by atoms with van der Waals surface area (Å²) in [6, 6.07) is 0. The van der Waals surface area contributed by atoms with Crippen LogP contribution < -0.4 is 49.1 Å². The zero-order chi connectivity index (χ0) is 11.4. The topological polar surface area (TPSA) is 150 Å². The zero-order valence-corrected chi connectivity index (χ0v) is 11.9. The molecule has 0 saturated carbocycles. The summed E-state index contributed by atoms with van der Waals surface area (Å²) in [5.41, 5.74) is 0. The molecule has 0 heterocycles. The van der Waals surface area contributed by atoms with Crippen LogP contribution >= 0.6 is 15.2 Å². The van der Waals surface area contributed by atoms with Crippen LogP contribution in [0.5, 0.6) is 0 Å². The van der Waals surface area contributed by atoms with Gasteiger partial charge in [-0.3, -0.25) is 4.90 Å². The Hall–Kier alpha value is 1.22. The molecular formula is C4H9NNaO7P2-3. The van der Waals surface area contributed by atoms with E-state index in [0.717, 1.165) is 0 Å². The van der Waals surface area contributed by atoms with E-state index in [9.17, 15) is 28.7 Å². The van der Waals surface area contributed by atoms with Gasteiger partial charge in [0, 0.05) is 19.1 Å². The molecule has 0 radical (unpaired) electrons. The van der Waals surface area contributed by atoms with Crippen molar-refractivity contribution in [2.45, 2.75) is 0 Å². The summed E-state index contributed by atoms with van der Waals surface area (Å²) in [6.07, 6.45) is -2.16. The number of rotatable bonds is 6. The Balaban J connectivity index is 0. The first kappa shape index (κ1) is 18.6. The molecule has 0 bridgehead atoms. The van der Waals surface area contributed by atoms with Crippen molar-refractivity contribution in [3.05, 3.63) is 0 Å². The molecule has 11 heteroatoms. The summed E-state index contributed by atoms with van der Waals surface area (Å²) in [6.45, 7) is -0.900. The Kier molecular flexibility index (Phi) is 9.32. The van der Waals surface area contributed by atoms with Gasteiger partial charge in [0.25, 0.3) is 0 Å². The minimum absolute atomic E-state index is 0. The summed E-state index contributed by atoms with van der Waals surface area (Å²) in [7, 11) is -9.84. The SMILES string of the molecule is O=P([O-])([O-])CN(CCO)CP(=O)([O-])[O-].[Na+]. The van der Waals surface area contributed by atoms with E-state index in [2.05, 4.69) is 0 Å². The molecule has 0 rings (SSSR count). The molecule has 0 atom stereocenters. The van der Waals surface area contributed by atoms with E-state index in [0.29, 0.717) is 4.90 Å². The molecule has 0 fully saturated rings. The maximum Gasteiger partial charge on any atom is 1.00 e. The predicted molar refractivity (Wildman–Crippen MR) is 38.7 cm³/mol. The number of hydrogen-bond donors (Lipinski definition) is 1. The summed E-state index contributed by atoms with van der Waals surface area (Å²) in [5.74, 6) is 0. The van der Waals surface area contributed by atoms with Crippen molar-refractivity contribution in [3.63, 3.8) is 0 Å². The van der Waals surface area contributed by atoms with Crippen LogP contribution in [0.15, 0.2) is 0 Å². The number of hydrogen-bond acceptors (Lipinski definition) is 8. The summed E-state index contributed by atoms with van der Waals surface area (Å²) in [5, 5.41) is 8.40. The minimum atomic E-state index is -4.92. The Morgan fingerprint density at radius 1 is 1.00 bits per heavy atom. The molecule has 0 aromatic heterocycles. The maximum absolute atomic E-state index is 10.3. The Morgan fingerprint density at radius 3 is 1.53 bits per heavy atom. The molecule has 8 nitrogen and oxygen atoms in total. The van der Waals surface area contributed by atoms with E-state index in [1.54, 1.807) is 0 Å². The van der Waals surface area contributed by atoms with Gasteiger partial charge in [0.1, 0.15) is 0 Å². The van der Waals surface area contributed by atoms with E-state index in [4.69, 9.17) is 5.11 Å². The molecule has 0 aromatic carbocycles. The third kappa shape index (κ3) is 13.2. The largest absolute Gasteiger partial charge is 1.00 e. The van der Waals surface area contributed by atoms with Gasteiger partial charge < -0.3 is 33.8 Å². The van der Waals surface area contributed by atoms with Crippen molar-refractivity contribution in [1.29, 1.82) is 0 Å². The van der Waals surface area contributed by atoms with Gasteiger partial charge in [0.05, 0.1) is 6.61 Å². The summed E-state index contributed by atoms with van der Waals surface area (Å²) >= 11 is 0. The summed E-state index contributed by atoms with van der Waals surface area (Å²) in [4.78, 5) is 41.6. The molecule has 0 aliphatic rings. The van der Waals surface area contributed by atoms with Crippen LogP contribution in [-0.4, -0.2) is 35.7 Å². The van der Waals surface area contributed by atoms with Crippen LogP contribution in [0.2, 0.25) is 0 Å². The van der Waals surface area contributed by atoms with E-state index >= 15 is 0 Å². The van der Waals surface area contributed by atoms with Crippen molar-refractivity contribution in [2.75, 3.05) is 25.7 Å². The molecule has 0 unspecified atom stereocenters. The van der Waals surface area contributed by atoms with Gasteiger partial charge >= 0.3 is 29.6 Å². The first-order valence-corrected chi connectivity index (χ1v) is 6.95. The van der Waals surface area contributed by atoms with Crippen LogP contribution in [0.4, 0.5) is 0 Å². The second kappa shape index (κ2) is 7.53. The first-order valence-electron chi connectivity index (χ1n) is 3.49. The molecule has 1 N–H and O–H groups in total. The minimum Gasteiger partial charge on any atom is -0.810 e. The van der Waals surface area contributed by atoms with Crippen molar-refractivity contribution in [2.24, 2.45) is 0 Å². The quantitative estimate of drug-likeness (QED) is 0.368. The average molecular weight is 268 g/mol. The molecule has 0 aromatic rings. The van der Waals surface area contributed by atoms with Crippen molar-refractivity contribution in [3.8, 4) is 0 Å². The first-order chi connectivity index (χ1) is 6.14. The van der Waals surface area contributed by atoms with Crippen molar-refractivity contribution < 1.29 is 63.4 Å². The fraction of sp³-hybridized carbons (Fsp3) is 1.00. The van der Waals surface area contributed by atoms with Gasteiger partial charge in [-0.25, -0.2) is 0 Å². The molecule has 0 amide bonds. The Bertz CT molecular complexity index is 238. The third-order valence-electron chi connectivity index (χ3n) is 1.16.